The van der Waals surface area contributed by atoms with Gasteiger partial charge in [0.1, 0.15) is 17.5 Å². The second-order valence-corrected chi connectivity index (χ2v) is 5.70. The largest absolute Gasteiger partial charge is 0.381 e. The lowest BCUT2D eigenvalue weighted by atomic mass is 9.92. The molecule has 0 bridgehead atoms. The van der Waals surface area contributed by atoms with E-state index in [9.17, 15) is 0 Å². The van der Waals surface area contributed by atoms with Gasteiger partial charge in [-0.3, -0.25) is 0 Å². The molecule has 5 heteroatoms. The standard InChI is InChI=1S/C14H24N4O/c1-10(2)13-16-11(15-4)9-12(17-13)18-14(3)5-7-19-8-6-14/h9-10H,5-8H2,1-4H3,(H2,15,16,17,18). The summed E-state index contributed by atoms with van der Waals surface area (Å²) in [5.41, 5.74) is 0.0614. The molecule has 2 N–H and O–H groups in total. The predicted molar refractivity (Wildman–Crippen MR) is 77.7 cm³/mol. The summed E-state index contributed by atoms with van der Waals surface area (Å²) in [7, 11) is 1.88. The summed E-state index contributed by atoms with van der Waals surface area (Å²) in [6.07, 6.45) is 2.01. The van der Waals surface area contributed by atoms with Crippen LogP contribution < -0.4 is 10.6 Å². The highest BCUT2D eigenvalue weighted by Crippen LogP contribution is 2.26. The van der Waals surface area contributed by atoms with Crippen molar-refractivity contribution in [2.45, 2.75) is 45.1 Å². The molecule has 0 radical (unpaired) electrons. The molecule has 0 atom stereocenters. The molecule has 0 amide bonds. The molecule has 1 fully saturated rings. The van der Waals surface area contributed by atoms with Crippen molar-refractivity contribution in [1.29, 1.82) is 0 Å². The minimum Gasteiger partial charge on any atom is -0.381 e. The van der Waals surface area contributed by atoms with Crippen molar-refractivity contribution >= 4 is 11.6 Å². The molecule has 2 rings (SSSR count). The minimum absolute atomic E-state index is 0.0614. The van der Waals surface area contributed by atoms with Crippen molar-refractivity contribution in [3.8, 4) is 0 Å². The molecule has 1 aromatic heterocycles. The van der Waals surface area contributed by atoms with Gasteiger partial charge in [0.05, 0.1) is 0 Å². The van der Waals surface area contributed by atoms with Crippen LogP contribution in [0.4, 0.5) is 11.6 Å². The lowest BCUT2D eigenvalue weighted by Crippen LogP contribution is -2.41. The molecule has 1 aliphatic heterocycles. The van der Waals surface area contributed by atoms with E-state index in [1.165, 1.54) is 0 Å². The van der Waals surface area contributed by atoms with Crippen molar-refractivity contribution in [1.82, 2.24) is 9.97 Å². The molecule has 0 aliphatic carbocycles. The van der Waals surface area contributed by atoms with Crippen LogP contribution >= 0.6 is 0 Å². The molecule has 0 saturated carbocycles. The maximum atomic E-state index is 5.42. The van der Waals surface area contributed by atoms with Gasteiger partial charge in [0.2, 0.25) is 0 Å². The summed E-state index contributed by atoms with van der Waals surface area (Å²) in [5.74, 6) is 2.94. The van der Waals surface area contributed by atoms with E-state index in [0.717, 1.165) is 43.5 Å². The molecule has 0 unspecified atom stereocenters. The summed E-state index contributed by atoms with van der Waals surface area (Å²) >= 11 is 0. The highest BCUT2D eigenvalue weighted by molar-refractivity contribution is 5.49. The third kappa shape index (κ3) is 3.56. The number of hydrogen-bond donors (Lipinski definition) is 2. The Hall–Kier alpha value is -1.36. The van der Waals surface area contributed by atoms with Gasteiger partial charge in [-0.15, -0.1) is 0 Å². The number of aromatic nitrogens is 2. The van der Waals surface area contributed by atoms with Gasteiger partial charge in [-0.25, -0.2) is 9.97 Å². The molecule has 0 aromatic carbocycles. The fraction of sp³-hybridized carbons (Fsp3) is 0.714. The normalized spacial score (nSPS) is 18.4. The maximum Gasteiger partial charge on any atom is 0.135 e. The van der Waals surface area contributed by atoms with Gasteiger partial charge in [0.15, 0.2) is 0 Å². The number of rotatable bonds is 4. The van der Waals surface area contributed by atoms with E-state index in [4.69, 9.17) is 4.74 Å². The Kier molecular flexibility index (Phi) is 4.24. The van der Waals surface area contributed by atoms with E-state index in [-0.39, 0.29) is 5.54 Å². The molecule has 5 nitrogen and oxygen atoms in total. The summed E-state index contributed by atoms with van der Waals surface area (Å²) in [6.45, 7) is 8.06. The highest BCUT2D eigenvalue weighted by atomic mass is 16.5. The SMILES string of the molecule is CNc1cc(NC2(C)CCOCC2)nc(C(C)C)n1. The van der Waals surface area contributed by atoms with Crippen LogP contribution in [-0.4, -0.2) is 35.8 Å². The summed E-state index contributed by atoms with van der Waals surface area (Å²) in [4.78, 5) is 9.10. The van der Waals surface area contributed by atoms with Gasteiger partial charge < -0.3 is 15.4 Å². The summed E-state index contributed by atoms with van der Waals surface area (Å²) in [5, 5.41) is 6.65. The Balaban J connectivity index is 2.21. The van der Waals surface area contributed by atoms with Crippen LogP contribution in [0.25, 0.3) is 0 Å². The molecular formula is C14H24N4O. The molecule has 19 heavy (non-hydrogen) atoms. The van der Waals surface area contributed by atoms with Crippen LogP contribution in [0.1, 0.15) is 45.4 Å². The number of nitrogens with one attached hydrogen (secondary N) is 2. The van der Waals surface area contributed by atoms with E-state index in [1.807, 2.05) is 13.1 Å². The number of anilines is 2. The van der Waals surface area contributed by atoms with Crippen molar-refractivity contribution in [3.63, 3.8) is 0 Å². The highest BCUT2D eigenvalue weighted by Gasteiger charge is 2.27. The fourth-order valence-corrected chi connectivity index (χ4v) is 2.17. The second kappa shape index (κ2) is 5.74. The van der Waals surface area contributed by atoms with Gasteiger partial charge >= 0.3 is 0 Å². The average molecular weight is 264 g/mol. The van der Waals surface area contributed by atoms with E-state index < -0.39 is 0 Å². The minimum atomic E-state index is 0.0614. The van der Waals surface area contributed by atoms with Gasteiger partial charge in [-0.1, -0.05) is 13.8 Å². The number of hydrogen-bond acceptors (Lipinski definition) is 5. The Morgan fingerprint density at radius 2 is 1.84 bits per heavy atom. The Morgan fingerprint density at radius 3 is 2.42 bits per heavy atom. The van der Waals surface area contributed by atoms with Crippen LogP contribution in [0.2, 0.25) is 0 Å². The molecule has 1 saturated heterocycles. The van der Waals surface area contributed by atoms with E-state index in [1.54, 1.807) is 0 Å². The van der Waals surface area contributed by atoms with E-state index >= 15 is 0 Å². The lowest BCUT2D eigenvalue weighted by Gasteiger charge is -2.35. The maximum absolute atomic E-state index is 5.42. The van der Waals surface area contributed by atoms with Crippen LogP contribution in [0, 0.1) is 0 Å². The number of ether oxygens (including phenoxy) is 1. The average Bonchev–Trinajstić information content (AvgIpc) is 2.38. The van der Waals surface area contributed by atoms with Gasteiger partial charge in [-0.2, -0.15) is 0 Å². The van der Waals surface area contributed by atoms with Crippen molar-refractivity contribution in [2.75, 3.05) is 30.9 Å². The van der Waals surface area contributed by atoms with Crippen LogP contribution in [0.5, 0.6) is 0 Å². The quantitative estimate of drug-likeness (QED) is 0.875. The van der Waals surface area contributed by atoms with E-state index in [2.05, 4.69) is 41.4 Å². The van der Waals surface area contributed by atoms with Gasteiger partial charge in [-0.05, 0) is 19.8 Å². The van der Waals surface area contributed by atoms with E-state index in [0.29, 0.717) is 5.92 Å². The monoisotopic (exact) mass is 264 g/mol. The zero-order valence-electron chi connectivity index (χ0n) is 12.3. The third-order valence-electron chi connectivity index (χ3n) is 3.54. The first kappa shape index (κ1) is 14.1. The third-order valence-corrected chi connectivity index (χ3v) is 3.54. The Morgan fingerprint density at radius 1 is 1.21 bits per heavy atom. The summed E-state index contributed by atoms with van der Waals surface area (Å²) in [6, 6.07) is 1.96. The smallest absolute Gasteiger partial charge is 0.135 e. The molecule has 2 heterocycles. The fourth-order valence-electron chi connectivity index (χ4n) is 2.17. The van der Waals surface area contributed by atoms with Crippen LogP contribution in [0.15, 0.2) is 6.07 Å². The Bertz CT molecular complexity index is 427. The lowest BCUT2D eigenvalue weighted by molar-refractivity contribution is 0.0657. The first-order chi connectivity index (χ1) is 9.02. The molecular weight excluding hydrogens is 240 g/mol. The molecule has 1 aromatic rings. The van der Waals surface area contributed by atoms with Crippen LogP contribution in [-0.2, 0) is 4.74 Å². The number of nitrogens with zero attached hydrogens (tertiary/aromatic N) is 2. The molecule has 106 valence electrons. The summed E-state index contributed by atoms with van der Waals surface area (Å²) < 4.78 is 5.42. The Labute approximate surface area is 115 Å². The van der Waals surface area contributed by atoms with Gasteiger partial charge in [0, 0.05) is 37.8 Å². The first-order valence-electron chi connectivity index (χ1n) is 6.95. The van der Waals surface area contributed by atoms with Crippen molar-refractivity contribution < 1.29 is 4.74 Å². The van der Waals surface area contributed by atoms with Gasteiger partial charge in [0.25, 0.3) is 0 Å². The zero-order chi connectivity index (χ0) is 13.9. The first-order valence-corrected chi connectivity index (χ1v) is 6.95. The topological polar surface area (TPSA) is 59.1 Å². The zero-order valence-corrected chi connectivity index (χ0v) is 12.3. The second-order valence-electron chi connectivity index (χ2n) is 5.70. The van der Waals surface area contributed by atoms with Crippen LogP contribution in [0.3, 0.4) is 0 Å². The predicted octanol–water partition coefficient (Wildman–Crippen LogP) is 2.62. The van der Waals surface area contributed by atoms with Crippen molar-refractivity contribution in [3.05, 3.63) is 11.9 Å². The molecule has 0 spiro atoms. The van der Waals surface area contributed by atoms with Crippen molar-refractivity contribution in [2.24, 2.45) is 0 Å². The molecule has 1 aliphatic rings.